The molecule has 2 N–H and O–H groups in total. The van der Waals surface area contributed by atoms with Crippen LogP contribution in [0.25, 0.3) is 0 Å². The number of rotatable bonds is 3. The maximum absolute atomic E-state index is 11.3. The predicted molar refractivity (Wildman–Crippen MR) is 47.6 cm³/mol. The quantitative estimate of drug-likeness (QED) is 0.569. The Balaban J connectivity index is 2.33. The summed E-state index contributed by atoms with van der Waals surface area (Å²) in [6.07, 6.45) is 2.52. The summed E-state index contributed by atoms with van der Waals surface area (Å²) in [6, 6.07) is 0. The number of likely N-dealkylation sites (tertiary alicyclic amines) is 1. The van der Waals surface area contributed by atoms with Gasteiger partial charge in [0.05, 0.1) is 0 Å². The van der Waals surface area contributed by atoms with E-state index in [2.05, 4.69) is 10.9 Å². The molecule has 0 unspecified atom stereocenters. The number of carbonyl (C=O) groups excluding carboxylic acids is 2. The smallest absolute Gasteiger partial charge is 0.253 e. The summed E-state index contributed by atoms with van der Waals surface area (Å²) in [4.78, 5) is 23.9. The summed E-state index contributed by atoms with van der Waals surface area (Å²) in [5.74, 6) is -0.0877. The van der Waals surface area contributed by atoms with E-state index in [9.17, 15) is 9.59 Å². The molecule has 0 atom stereocenters. The minimum Gasteiger partial charge on any atom is -0.333 e. The Bertz CT molecular complexity index is 206. The van der Waals surface area contributed by atoms with Gasteiger partial charge in [0.25, 0.3) is 5.91 Å². The highest BCUT2D eigenvalue weighted by atomic mass is 16.2. The molecule has 1 fully saturated rings. The molecule has 0 saturated carbocycles. The lowest BCUT2D eigenvalue weighted by atomic mass is 10.1. The van der Waals surface area contributed by atoms with E-state index >= 15 is 0 Å². The molecule has 0 bridgehead atoms. The van der Waals surface area contributed by atoms with Crippen molar-refractivity contribution < 1.29 is 9.59 Å². The van der Waals surface area contributed by atoms with Gasteiger partial charge in [-0.3, -0.25) is 15.0 Å². The third kappa shape index (κ3) is 3.02. The van der Waals surface area contributed by atoms with Gasteiger partial charge in [-0.1, -0.05) is 0 Å². The topological polar surface area (TPSA) is 61.4 Å². The van der Waals surface area contributed by atoms with Crippen LogP contribution in [-0.2, 0) is 9.59 Å². The molecule has 1 aliphatic heterocycles. The van der Waals surface area contributed by atoms with Crippen molar-refractivity contribution in [1.82, 2.24) is 15.8 Å². The molecule has 0 aromatic heterocycles. The van der Waals surface area contributed by atoms with E-state index in [-0.39, 0.29) is 18.4 Å². The van der Waals surface area contributed by atoms with Gasteiger partial charge >= 0.3 is 0 Å². The molecule has 2 amide bonds. The second-order valence-corrected chi connectivity index (χ2v) is 3.07. The van der Waals surface area contributed by atoms with Crippen LogP contribution in [0.1, 0.15) is 19.3 Å². The SMILES string of the molecule is CNNC(=O)CN1CCCCC1=O. The summed E-state index contributed by atoms with van der Waals surface area (Å²) >= 11 is 0. The van der Waals surface area contributed by atoms with Crippen molar-refractivity contribution in [3.8, 4) is 0 Å². The Hall–Kier alpha value is -1.10. The minimum absolute atomic E-state index is 0.0810. The maximum Gasteiger partial charge on any atom is 0.253 e. The third-order valence-corrected chi connectivity index (χ3v) is 2.02. The van der Waals surface area contributed by atoms with Gasteiger partial charge in [0, 0.05) is 20.0 Å². The molecule has 5 nitrogen and oxygen atoms in total. The van der Waals surface area contributed by atoms with Crippen molar-refractivity contribution in [2.24, 2.45) is 0 Å². The monoisotopic (exact) mass is 185 g/mol. The maximum atomic E-state index is 11.3. The Kier molecular flexibility index (Phi) is 3.70. The zero-order valence-corrected chi connectivity index (χ0v) is 7.80. The van der Waals surface area contributed by atoms with E-state index < -0.39 is 0 Å². The molecule has 1 saturated heterocycles. The molecular formula is C8H15N3O2. The number of hydrogen-bond acceptors (Lipinski definition) is 3. The van der Waals surface area contributed by atoms with Gasteiger partial charge < -0.3 is 4.90 Å². The molecule has 5 heteroatoms. The Morgan fingerprint density at radius 3 is 2.92 bits per heavy atom. The lowest BCUT2D eigenvalue weighted by molar-refractivity contribution is -0.138. The van der Waals surface area contributed by atoms with Crippen LogP contribution < -0.4 is 10.9 Å². The zero-order chi connectivity index (χ0) is 9.68. The van der Waals surface area contributed by atoms with Crippen molar-refractivity contribution in [2.45, 2.75) is 19.3 Å². The normalized spacial score (nSPS) is 17.3. The first kappa shape index (κ1) is 9.98. The molecule has 0 radical (unpaired) electrons. The molecule has 74 valence electrons. The van der Waals surface area contributed by atoms with Gasteiger partial charge in [-0.2, -0.15) is 0 Å². The van der Waals surface area contributed by atoms with Gasteiger partial charge in [-0.15, -0.1) is 0 Å². The first-order valence-electron chi connectivity index (χ1n) is 4.47. The van der Waals surface area contributed by atoms with E-state index in [4.69, 9.17) is 0 Å². The summed E-state index contributed by atoms with van der Waals surface area (Å²) in [6.45, 7) is 0.871. The molecule has 0 aromatic carbocycles. The summed E-state index contributed by atoms with van der Waals surface area (Å²) in [5, 5.41) is 0. The van der Waals surface area contributed by atoms with Crippen molar-refractivity contribution in [1.29, 1.82) is 0 Å². The van der Waals surface area contributed by atoms with Crippen molar-refractivity contribution in [2.75, 3.05) is 20.1 Å². The van der Waals surface area contributed by atoms with Crippen molar-refractivity contribution in [3.05, 3.63) is 0 Å². The first-order valence-corrected chi connectivity index (χ1v) is 4.47. The van der Waals surface area contributed by atoms with E-state index in [1.807, 2.05) is 0 Å². The van der Waals surface area contributed by atoms with Crippen LogP contribution in [-0.4, -0.2) is 36.9 Å². The molecule has 0 spiro atoms. The minimum atomic E-state index is -0.169. The molecular weight excluding hydrogens is 170 g/mol. The number of nitrogens with zero attached hydrogens (tertiary/aromatic N) is 1. The van der Waals surface area contributed by atoms with Crippen LogP contribution in [0.5, 0.6) is 0 Å². The number of piperidine rings is 1. The van der Waals surface area contributed by atoms with E-state index in [0.29, 0.717) is 13.0 Å². The highest BCUT2D eigenvalue weighted by Gasteiger charge is 2.19. The van der Waals surface area contributed by atoms with Crippen molar-refractivity contribution in [3.63, 3.8) is 0 Å². The molecule has 0 aliphatic carbocycles. The van der Waals surface area contributed by atoms with Crippen molar-refractivity contribution >= 4 is 11.8 Å². The lowest BCUT2D eigenvalue weighted by Gasteiger charge is -2.25. The molecule has 13 heavy (non-hydrogen) atoms. The van der Waals surface area contributed by atoms with Gasteiger partial charge in [0.15, 0.2) is 0 Å². The average Bonchev–Trinajstić information content (AvgIpc) is 2.09. The largest absolute Gasteiger partial charge is 0.333 e. The third-order valence-electron chi connectivity index (χ3n) is 2.02. The Labute approximate surface area is 77.4 Å². The highest BCUT2D eigenvalue weighted by Crippen LogP contribution is 2.09. The molecule has 1 aliphatic rings. The van der Waals surface area contributed by atoms with E-state index in [0.717, 1.165) is 12.8 Å². The second-order valence-electron chi connectivity index (χ2n) is 3.07. The van der Waals surface area contributed by atoms with Gasteiger partial charge in [-0.05, 0) is 12.8 Å². The highest BCUT2D eigenvalue weighted by molar-refractivity contribution is 5.84. The van der Waals surface area contributed by atoms with Crippen LogP contribution in [0.2, 0.25) is 0 Å². The van der Waals surface area contributed by atoms with Crippen LogP contribution >= 0.6 is 0 Å². The first-order chi connectivity index (χ1) is 6.24. The molecule has 1 heterocycles. The predicted octanol–water partition coefficient (Wildman–Crippen LogP) is -0.751. The molecule has 0 aromatic rings. The van der Waals surface area contributed by atoms with E-state index in [1.54, 1.807) is 11.9 Å². The van der Waals surface area contributed by atoms with Crippen LogP contribution in [0, 0.1) is 0 Å². The van der Waals surface area contributed by atoms with Gasteiger partial charge in [0.1, 0.15) is 6.54 Å². The standard InChI is InChI=1S/C8H15N3O2/c1-9-10-7(12)6-11-5-3-2-4-8(11)13/h9H,2-6H2,1H3,(H,10,12). The summed E-state index contributed by atoms with van der Waals surface area (Å²) in [7, 11) is 1.62. The number of nitrogens with one attached hydrogen (secondary N) is 2. The Morgan fingerprint density at radius 2 is 2.31 bits per heavy atom. The Morgan fingerprint density at radius 1 is 1.54 bits per heavy atom. The number of carbonyl (C=O) groups is 2. The van der Waals surface area contributed by atoms with E-state index in [1.165, 1.54) is 0 Å². The number of hydrogen-bond donors (Lipinski definition) is 2. The van der Waals surface area contributed by atoms with Crippen LogP contribution in [0.15, 0.2) is 0 Å². The second kappa shape index (κ2) is 4.81. The summed E-state index contributed by atoms with van der Waals surface area (Å²) < 4.78 is 0. The lowest BCUT2D eigenvalue weighted by Crippen LogP contribution is -2.45. The van der Waals surface area contributed by atoms with Crippen LogP contribution in [0.4, 0.5) is 0 Å². The zero-order valence-electron chi connectivity index (χ0n) is 7.80. The fourth-order valence-corrected chi connectivity index (χ4v) is 1.38. The average molecular weight is 185 g/mol. The van der Waals surface area contributed by atoms with Gasteiger partial charge in [0.2, 0.25) is 5.91 Å². The number of hydrazine groups is 1. The van der Waals surface area contributed by atoms with Crippen LogP contribution in [0.3, 0.4) is 0 Å². The fraction of sp³-hybridized carbons (Fsp3) is 0.750. The molecule has 1 rings (SSSR count). The van der Waals surface area contributed by atoms with Gasteiger partial charge in [-0.25, -0.2) is 5.43 Å². The summed E-state index contributed by atoms with van der Waals surface area (Å²) in [5.41, 5.74) is 4.96. The fourth-order valence-electron chi connectivity index (χ4n) is 1.38. The number of amides is 2.